The number of hydrogen-bond donors (Lipinski definition) is 1. The number of oxazole rings is 1. The van der Waals surface area contributed by atoms with E-state index >= 15 is 0 Å². The van der Waals surface area contributed by atoms with Crippen LogP contribution in [0.1, 0.15) is 5.69 Å². The number of hydrogen-bond acceptors (Lipinski definition) is 4. The molecule has 6 heteroatoms. The van der Waals surface area contributed by atoms with Crippen LogP contribution in [0.3, 0.4) is 0 Å². The van der Waals surface area contributed by atoms with Gasteiger partial charge < -0.3 is 13.9 Å². The first kappa shape index (κ1) is 13.5. The fourth-order valence-corrected chi connectivity index (χ4v) is 2.08. The molecule has 0 amide bonds. The average Bonchev–Trinajstić information content (AvgIpc) is 3.08. The van der Waals surface area contributed by atoms with Crippen LogP contribution in [0.25, 0.3) is 22.8 Å². The third-order valence-corrected chi connectivity index (χ3v) is 3.14. The van der Waals surface area contributed by atoms with Crippen molar-refractivity contribution in [3.63, 3.8) is 0 Å². The largest absolute Gasteiger partial charge is 0.481 e. The summed E-state index contributed by atoms with van der Waals surface area (Å²) in [6.45, 7) is 0. The van der Waals surface area contributed by atoms with Crippen molar-refractivity contribution in [2.75, 3.05) is 0 Å². The molecule has 3 rings (SSSR count). The molecular weight excluding hydrogens is 294 g/mol. The van der Waals surface area contributed by atoms with Crippen molar-refractivity contribution in [2.24, 2.45) is 0 Å². The fraction of sp³-hybridized carbons (Fsp3) is 0.0667. The Morgan fingerprint density at radius 1 is 1.19 bits per heavy atom. The summed E-state index contributed by atoms with van der Waals surface area (Å²) in [6, 6.07) is 8.65. The summed E-state index contributed by atoms with van der Waals surface area (Å²) < 4.78 is 10.7. The number of benzene rings is 1. The van der Waals surface area contributed by atoms with Gasteiger partial charge in [-0.1, -0.05) is 11.6 Å². The minimum atomic E-state index is -0.976. The van der Waals surface area contributed by atoms with Crippen molar-refractivity contribution >= 4 is 17.6 Å². The molecule has 0 aliphatic heterocycles. The number of carboxylic acids is 1. The maximum atomic E-state index is 11.0. The first-order chi connectivity index (χ1) is 10.1. The molecule has 2 heterocycles. The van der Waals surface area contributed by atoms with Gasteiger partial charge >= 0.3 is 5.97 Å². The highest BCUT2D eigenvalue weighted by molar-refractivity contribution is 6.30. The lowest BCUT2D eigenvalue weighted by atomic mass is 10.2. The first-order valence-electron chi connectivity index (χ1n) is 6.13. The molecule has 1 aromatic carbocycles. The van der Waals surface area contributed by atoms with E-state index < -0.39 is 5.97 Å². The quantitative estimate of drug-likeness (QED) is 0.791. The van der Waals surface area contributed by atoms with Gasteiger partial charge in [0, 0.05) is 10.6 Å². The highest BCUT2D eigenvalue weighted by Gasteiger charge is 2.19. The summed E-state index contributed by atoms with van der Waals surface area (Å²) in [4.78, 5) is 15.2. The third kappa shape index (κ3) is 2.83. The third-order valence-electron chi connectivity index (χ3n) is 2.89. The van der Waals surface area contributed by atoms with Gasteiger partial charge in [-0.05, 0) is 30.3 Å². The summed E-state index contributed by atoms with van der Waals surface area (Å²) in [5.74, 6) is -0.231. The highest BCUT2D eigenvalue weighted by Crippen LogP contribution is 2.30. The van der Waals surface area contributed by atoms with Crippen LogP contribution in [0, 0.1) is 0 Å². The Morgan fingerprint density at radius 2 is 1.95 bits per heavy atom. The van der Waals surface area contributed by atoms with Crippen LogP contribution in [0.5, 0.6) is 0 Å². The summed E-state index contributed by atoms with van der Waals surface area (Å²) in [5, 5.41) is 9.59. The molecule has 0 atom stereocenters. The van der Waals surface area contributed by atoms with Crippen LogP contribution >= 0.6 is 11.6 Å². The number of halogens is 1. The molecule has 0 saturated heterocycles. The molecular formula is C15H10ClNO4. The van der Waals surface area contributed by atoms with Gasteiger partial charge in [0.25, 0.3) is 0 Å². The van der Waals surface area contributed by atoms with Gasteiger partial charge in [0.15, 0.2) is 5.76 Å². The molecule has 0 spiro atoms. The van der Waals surface area contributed by atoms with Crippen molar-refractivity contribution in [1.82, 2.24) is 4.98 Å². The first-order valence-corrected chi connectivity index (χ1v) is 6.51. The topological polar surface area (TPSA) is 76.5 Å². The van der Waals surface area contributed by atoms with E-state index in [4.69, 9.17) is 25.5 Å². The molecule has 5 nitrogen and oxygen atoms in total. The Labute approximate surface area is 124 Å². The van der Waals surface area contributed by atoms with Gasteiger partial charge in [0.1, 0.15) is 6.26 Å². The maximum Gasteiger partial charge on any atom is 0.309 e. The molecule has 0 aliphatic carbocycles. The molecule has 0 unspecified atom stereocenters. The molecule has 0 radical (unpaired) electrons. The van der Waals surface area contributed by atoms with Gasteiger partial charge in [-0.3, -0.25) is 4.79 Å². The standard InChI is InChI=1S/C15H10ClNO4/c16-11-3-1-9(2-4-11)15-17-12(7-13(18)19)14(21-15)10-5-6-20-8-10/h1-6,8H,7H2,(H,18,19). The van der Waals surface area contributed by atoms with Gasteiger partial charge in [-0.15, -0.1) is 0 Å². The van der Waals surface area contributed by atoms with E-state index in [-0.39, 0.29) is 6.42 Å². The number of aromatic nitrogens is 1. The number of furan rings is 1. The second-order valence-electron chi connectivity index (χ2n) is 4.38. The van der Waals surface area contributed by atoms with Crippen LogP contribution < -0.4 is 0 Å². The zero-order valence-electron chi connectivity index (χ0n) is 10.7. The zero-order valence-corrected chi connectivity index (χ0v) is 11.5. The molecule has 1 N–H and O–H groups in total. The Morgan fingerprint density at radius 3 is 2.57 bits per heavy atom. The predicted molar refractivity (Wildman–Crippen MR) is 76.0 cm³/mol. The van der Waals surface area contributed by atoms with E-state index in [9.17, 15) is 4.79 Å². The summed E-state index contributed by atoms with van der Waals surface area (Å²) in [6.07, 6.45) is 2.75. The van der Waals surface area contributed by atoms with Crippen molar-refractivity contribution < 1.29 is 18.7 Å². The molecule has 106 valence electrons. The van der Waals surface area contributed by atoms with Crippen molar-refractivity contribution in [3.8, 4) is 22.8 Å². The fourth-order valence-electron chi connectivity index (χ4n) is 1.95. The normalized spacial score (nSPS) is 10.7. The SMILES string of the molecule is O=C(O)Cc1nc(-c2ccc(Cl)cc2)oc1-c1ccoc1. The Hall–Kier alpha value is -2.53. The van der Waals surface area contributed by atoms with Crippen LogP contribution in [0.2, 0.25) is 5.02 Å². The molecule has 21 heavy (non-hydrogen) atoms. The molecule has 0 aliphatic rings. The van der Waals surface area contributed by atoms with Gasteiger partial charge in [-0.2, -0.15) is 0 Å². The summed E-state index contributed by atoms with van der Waals surface area (Å²) in [5.41, 5.74) is 1.73. The molecule has 2 aromatic heterocycles. The predicted octanol–water partition coefficient (Wildman–Crippen LogP) is 3.88. The lowest BCUT2D eigenvalue weighted by Gasteiger charge is -1.95. The van der Waals surface area contributed by atoms with Crippen LogP contribution in [-0.4, -0.2) is 16.1 Å². The van der Waals surface area contributed by atoms with Crippen LogP contribution in [-0.2, 0) is 11.2 Å². The Balaban J connectivity index is 2.07. The lowest BCUT2D eigenvalue weighted by Crippen LogP contribution is -2.01. The van der Waals surface area contributed by atoms with E-state index in [2.05, 4.69) is 4.98 Å². The number of aliphatic carboxylic acids is 1. The molecule has 0 bridgehead atoms. The lowest BCUT2D eigenvalue weighted by molar-refractivity contribution is -0.136. The van der Waals surface area contributed by atoms with Crippen LogP contribution in [0.15, 0.2) is 51.7 Å². The second kappa shape index (κ2) is 5.46. The van der Waals surface area contributed by atoms with E-state index in [0.29, 0.717) is 27.9 Å². The van der Waals surface area contributed by atoms with Gasteiger partial charge in [0.2, 0.25) is 5.89 Å². The molecule has 0 fully saturated rings. The Bertz CT molecular complexity index is 760. The smallest absolute Gasteiger partial charge is 0.309 e. The van der Waals surface area contributed by atoms with Gasteiger partial charge in [0.05, 0.1) is 23.9 Å². The molecule has 0 saturated carbocycles. The molecule has 3 aromatic rings. The number of carboxylic acid groups (broad SMARTS) is 1. The minimum absolute atomic E-state index is 0.225. The van der Waals surface area contributed by atoms with E-state index in [1.165, 1.54) is 12.5 Å². The average molecular weight is 304 g/mol. The second-order valence-corrected chi connectivity index (χ2v) is 4.82. The van der Waals surface area contributed by atoms with Crippen molar-refractivity contribution in [1.29, 1.82) is 0 Å². The minimum Gasteiger partial charge on any atom is -0.481 e. The van der Waals surface area contributed by atoms with Crippen molar-refractivity contribution in [3.05, 3.63) is 53.6 Å². The van der Waals surface area contributed by atoms with Crippen molar-refractivity contribution in [2.45, 2.75) is 6.42 Å². The Kier molecular flexibility index (Phi) is 3.50. The van der Waals surface area contributed by atoms with E-state index in [1.807, 2.05) is 0 Å². The number of rotatable bonds is 4. The summed E-state index contributed by atoms with van der Waals surface area (Å²) >= 11 is 5.84. The van der Waals surface area contributed by atoms with Gasteiger partial charge in [-0.25, -0.2) is 4.98 Å². The number of carbonyl (C=O) groups is 1. The number of nitrogens with zero attached hydrogens (tertiary/aromatic N) is 1. The summed E-state index contributed by atoms with van der Waals surface area (Å²) in [7, 11) is 0. The maximum absolute atomic E-state index is 11.0. The van der Waals surface area contributed by atoms with Crippen LogP contribution in [0.4, 0.5) is 0 Å². The van der Waals surface area contributed by atoms with E-state index in [0.717, 1.165) is 5.56 Å². The zero-order chi connectivity index (χ0) is 14.8. The monoisotopic (exact) mass is 303 g/mol. The highest BCUT2D eigenvalue weighted by atomic mass is 35.5. The van der Waals surface area contributed by atoms with E-state index in [1.54, 1.807) is 30.3 Å².